The Labute approximate surface area is 120 Å². The van der Waals surface area contributed by atoms with Crippen molar-refractivity contribution in [2.75, 3.05) is 18.4 Å². The first kappa shape index (κ1) is 14.5. The molecular formula is C15H23N5. The van der Waals surface area contributed by atoms with Crippen LogP contribution in [0.5, 0.6) is 0 Å². The molecule has 0 spiro atoms. The Balaban J connectivity index is 2.06. The fraction of sp³-hybridized carbons (Fsp3) is 0.467. The van der Waals surface area contributed by atoms with Crippen LogP contribution >= 0.6 is 0 Å². The molecule has 0 aliphatic rings. The minimum Gasteiger partial charge on any atom is -0.379 e. The van der Waals surface area contributed by atoms with Crippen LogP contribution in [0.2, 0.25) is 0 Å². The van der Waals surface area contributed by atoms with Crippen molar-refractivity contribution in [3.8, 4) is 0 Å². The van der Waals surface area contributed by atoms with Gasteiger partial charge in [0.2, 0.25) is 0 Å². The summed E-state index contributed by atoms with van der Waals surface area (Å²) in [6.45, 7) is 8.23. The second-order valence-electron chi connectivity index (χ2n) is 4.82. The van der Waals surface area contributed by atoms with Gasteiger partial charge < -0.3 is 5.32 Å². The average molecular weight is 273 g/mol. The van der Waals surface area contributed by atoms with E-state index in [-0.39, 0.29) is 0 Å². The SMILES string of the molecule is CCN(CC)Cc1ccccc1NCc1cnnn1C. The maximum atomic E-state index is 3.94. The summed E-state index contributed by atoms with van der Waals surface area (Å²) in [6, 6.07) is 8.47. The maximum Gasteiger partial charge on any atom is 0.0774 e. The highest BCUT2D eigenvalue weighted by molar-refractivity contribution is 5.51. The van der Waals surface area contributed by atoms with Crippen LogP contribution in [0, 0.1) is 0 Å². The highest BCUT2D eigenvalue weighted by atomic mass is 15.4. The molecule has 0 unspecified atom stereocenters. The molecule has 0 radical (unpaired) electrons. The first-order valence-electron chi connectivity index (χ1n) is 7.12. The van der Waals surface area contributed by atoms with Gasteiger partial charge in [-0.15, -0.1) is 5.10 Å². The number of para-hydroxylation sites is 1. The van der Waals surface area contributed by atoms with Gasteiger partial charge in [-0.1, -0.05) is 37.3 Å². The highest BCUT2D eigenvalue weighted by Gasteiger charge is 2.07. The smallest absolute Gasteiger partial charge is 0.0774 e. The standard InChI is InChI=1S/C15H23N5/c1-4-20(5-2)12-13-8-6-7-9-15(13)16-10-14-11-17-18-19(14)3/h6-9,11,16H,4-5,10,12H2,1-3H3. The molecule has 5 nitrogen and oxygen atoms in total. The van der Waals surface area contributed by atoms with Crippen molar-refractivity contribution in [3.63, 3.8) is 0 Å². The Bertz CT molecular complexity index is 531. The lowest BCUT2D eigenvalue weighted by atomic mass is 10.1. The summed E-state index contributed by atoms with van der Waals surface area (Å²) in [5.74, 6) is 0. The average Bonchev–Trinajstić information content (AvgIpc) is 2.89. The van der Waals surface area contributed by atoms with E-state index in [1.165, 1.54) is 11.3 Å². The molecule has 0 aliphatic carbocycles. The monoisotopic (exact) mass is 273 g/mol. The zero-order chi connectivity index (χ0) is 14.4. The summed E-state index contributed by atoms with van der Waals surface area (Å²) in [5, 5.41) is 11.3. The van der Waals surface area contributed by atoms with Crippen molar-refractivity contribution in [2.24, 2.45) is 7.05 Å². The normalized spacial score (nSPS) is 11.0. The van der Waals surface area contributed by atoms with Crippen LogP contribution in [0.25, 0.3) is 0 Å². The largest absolute Gasteiger partial charge is 0.379 e. The van der Waals surface area contributed by atoms with E-state index in [2.05, 4.69) is 58.6 Å². The van der Waals surface area contributed by atoms with Crippen molar-refractivity contribution in [3.05, 3.63) is 41.7 Å². The lowest BCUT2D eigenvalue weighted by Crippen LogP contribution is -2.22. The van der Waals surface area contributed by atoms with Gasteiger partial charge in [-0.3, -0.25) is 9.58 Å². The Kier molecular flexibility index (Phi) is 5.12. The number of nitrogens with zero attached hydrogens (tertiary/aromatic N) is 4. The van der Waals surface area contributed by atoms with E-state index in [0.717, 1.165) is 31.9 Å². The maximum absolute atomic E-state index is 3.94. The first-order chi connectivity index (χ1) is 9.74. The number of benzene rings is 1. The van der Waals surface area contributed by atoms with Crippen molar-refractivity contribution < 1.29 is 0 Å². The third kappa shape index (κ3) is 3.57. The molecule has 2 rings (SSSR count). The Hall–Kier alpha value is -1.88. The van der Waals surface area contributed by atoms with Crippen LogP contribution < -0.4 is 5.32 Å². The third-order valence-corrected chi connectivity index (χ3v) is 3.57. The van der Waals surface area contributed by atoms with E-state index in [0.29, 0.717) is 0 Å². The third-order valence-electron chi connectivity index (χ3n) is 3.57. The van der Waals surface area contributed by atoms with Gasteiger partial charge in [0.05, 0.1) is 18.4 Å². The Morgan fingerprint density at radius 3 is 2.60 bits per heavy atom. The van der Waals surface area contributed by atoms with E-state index in [1.54, 1.807) is 10.9 Å². The molecule has 108 valence electrons. The zero-order valence-electron chi connectivity index (χ0n) is 12.5. The van der Waals surface area contributed by atoms with E-state index >= 15 is 0 Å². The molecular weight excluding hydrogens is 250 g/mol. The fourth-order valence-corrected chi connectivity index (χ4v) is 2.18. The molecule has 0 bridgehead atoms. The van der Waals surface area contributed by atoms with Crippen molar-refractivity contribution in [1.82, 2.24) is 19.9 Å². The molecule has 1 aromatic carbocycles. The number of anilines is 1. The van der Waals surface area contributed by atoms with Gasteiger partial charge in [0.15, 0.2) is 0 Å². The summed E-state index contributed by atoms with van der Waals surface area (Å²) in [4.78, 5) is 2.41. The number of hydrogen-bond donors (Lipinski definition) is 1. The number of aromatic nitrogens is 3. The summed E-state index contributed by atoms with van der Waals surface area (Å²) >= 11 is 0. The molecule has 0 saturated carbocycles. The van der Waals surface area contributed by atoms with Crippen LogP contribution in [0.1, 0.15) is 25.1 Å². The number of hydrogen-bond acceptors (Lipinski definition) is 4. The molecule has 0 aliphatic heterocycles. The quantitative estimate of drug-likeness (QED) is 0.840. The van der Waals surface area contributed by atoms with Gasteiger partial charge in [0, 0.05) is 19.3 Å². The Morgan fingerprint density at radius 1 is 1.20 bits per heavy atom. The minimum atomic E-state index is 0.735. The van der Waals surface area contributed by atoms with Crippen LogP contribution in [0.3, 0.4) is 0 Å². The molecule has 2 aromatic rings. The summed E-state index contributed by atoms with van der Waals surface area (Å²) in [6.07, 6.45) is 1.79. The lowest BCUT2D eigenvalue weighted by molar-refractivity contribution is 0.296. The topological polar surface area (TPSA) is 46.0 Å². The number of nitrogens with one attached hydrogen (secondary N) is 1. The van der Waals surface area contributed by atoms with E-state index < -0.39 is 0 Å². The van der Waals surface area contributed by atoms with Crippen LogP contribution in [0.15, 0.2) is 30.5 Å². The van der Waals surface area contributed by atoms with Gasteiger partial charge in [0.25, 0.3) is 0 Å². The molecule has 0 fully saturated rings. The molecule has 0 amide bonds. The summed E-state index contributed by atoms with van der Waals surface area (Å²) < 4.78 is 1.79. The molecule has 1 N–H and O–H groups in total. The van der Waals surface area contributed by atoms with Crippen molar-refractivity contribution >= 4 is 5.69 Å². The van der Waals surface area contributed by atoms with Crippen LogP contribution in [-0.2, 0) is 20.1 Å². The molecule has 0 saturated heterocycles. The van der Waals surface area contributed by atoms with Crippen molar-refractivity contribution in [2.45, 2.75) is 26.9 Å². The van der Waals surface area contributed by atoms with E-state index in [9.17, 15) is 0 Å². The van der Waals surface area contributed by atoms with Gasteiger partial charge in [-0.05, 0) is 24.7 Å². The second-order valence-corrected chi connectivity index (χ2v) is 4.82. The van der Waals surface area contributed by atoms with E-state index in [1.807, 2.05) is 7.05 Å². The van der Waals surface area contributed by atoms with Crippen LogP contribution in [0.4, 0.5) is 5.69 Å². The predicted molar refractivity (Wildman–Crippen MR) is 81.4 cm³/mol. The van der Waals surface area contributed by atoms with Gasteiger partial charge in [0.1, 0.15) is 0 Å². The summed E-state index contributed by atoms with van der Waals surface area (Å²) in [5.41, 5.74) is 3.58. The zero-order valence-corrected chi connectivity index (χ0v) is 12.5. The predicted octanol–water partition coefficient (Wildman–Crippen LogP) is 2.27. The van der Waals surface area contributed by atoms with Gasteiger partial charge in [-0.25, -0.2) is 0 Å². The van der Waals surface area contributed by atoms with Crippen molar-refractivity contribution in [1.29, 1.82) is 0 Å². The van der Waals surface area contributed by atoms with Crippen LogP contribution in [-0.4, -0.2) is 33.0 Å². The fourth-order valence-electron chi connectivity index (χ4n) is 2.18. The Morgan fingerprint density at radius 2 is 1.95 bits per heavy atom. The first-order valence-corrected chi connectivity index (χ1v) is 7.12. The highest BCUT2D eigenvalue weighted by Crippen LogP contribution is 2.18. The van der Waals surface area contributed by atoms with E-state index in [4.69, 9.17) is 0 Å². The lowest BCUT2D eigenvalue weighted by Gasteiger charge is -2.20. The molecule has 5 heteroatoms. The van der Waals surface area contributed by atoms with Gasteiger partial charge in [-0.2, -0.15) is 0 Å². The molecule has 1 aromatic heterocycles. The second kappa shape index (κ2) is 7.05. The summed E-state index contributed by atoms with van der Waals surface area (Å²) in [7, 11) is 1.91. The molecule has 1 heterocycles. The number of aryl methyl sites for hydroxylation is 1. The molecule has 0 atom stereocenters. The minimum absolute atomic E-state index is 0.735. The molecule has 20 heavy (non-hydrogen) atoms. The number of rotatable bonds is 7. The van der Waals surface area contributed by atoms with Gasteiger partial charge >= 0.3 is 0 Å².